The third-order valence-corrected chi connectivity index (χ3v) is 4.93. The third kappa shape index (κ3) is 5.58. The molecular formula is C21H31BFNO4. The molecule has 0 aliphatic carbocycles. The first kappa shape index (κ1) is 22.4. The number of carbonyl (C=O) groups is 1. The van der Waals surface area contributed by atoms with Crippen molar-refractivity contribution in [2.75, 3.05) is 6.54 Å². The van der Waals surface area contributed by atoms with E-state index in [2.05, 4.69) is 5.32 Å². The standard InChI is InChI=1S/C21H31BFNO4/c1-14-11-15(9-10-17(14)23)12-16(13-24-18(25)26-19(2,3)4)22-27-20(5,6)21(7,8)28-22/h9-12H,13H2,1-8H3,(H,24,25). The number of rotatable bonds is 4. The zero-order valence-electron chi connectivity index (χ0n) is 18.1. The predicted octanol–water partition coefficient (Wildman–Crippen LogP) is 4.67. The summed E-state index contributed by atoms with van der Waals surface area (Å²) >= 11 is 0. The molecule has 1 aliphatic heterocycles. The molecule has 7 heteroatoms. The summed E-state index contributed by atoms with van der Waals surface area (Å²) in [6.45, 7) is 15.2. The molecule has 0 unspecified atom stereocenters. The minimum absolute atomic E-state index is 0.183. The number of amides is 1. The van der Waals surface area contributed by atoms with Gasteiger partial charge in [-0.15, -0.1) is 0 Å². The van der Waals surface area contributed by atoms with Gasteiger partial charge in [0.25, 0.3) is 0 Å². The van der Waals surface area contributed by atoms with Gasteiger partial charge in [0.2, 0.25) is 0 Å². The number of hydrogen-bond acceptors (Lipinski definition) is 4. The van der Waals surface area contributed by atoms with E-state index in [0.29, 0.717) is 5.56 Å². The molecule has 1 aliphatic rings. The van der Waals surface area contributed by atoms with Crippen molar-refractivity contribution in [2.24, 2.45) is 0 Å². The summed E-state index contributed by atoms with van der Waals surface area (Å²) in [5.74, 6) is -0.263. The van der Waals surface area contributed by atoms with Gasteiger partial charge in [0.1, 0.15) is 11.4 Å². The van der Waals surface area contributed by atoms with Crippen LogP contribution >= 0.6 is 0 Å². The average molecular weight is 391 g/mol. The Morgan fingerprint density at radius 3 is 2.29 bits per heavy atom. The molecule has 0 atom stereocenters. The summed E-state index contributed by atoms with van der Waals surface area (Å²) in [5.41, 5.74) is 0.446. The largest absolute Gasteiger partial charge is 0.492 e. The van der Waals surface area contributed by atoms with Gasteiger partial charge in [0.15, 0.2) is 0 Å². The van der Waals surface area contributed by atoms with Crippen LogP contribution in [0.15, 0.2) is 23.7 Å². The molecule has 0 bridgehead atoms. The Morgan fingerprint density at radius 2 is 1.79 bits per heavy atom. The first-order valence-electron chi connectivity index (χ1n) is 9.49. The van der Waals surface area contributed by atoms with Crippen LogP contribution in [0.25, 0.3) is 6.08 Å². The highest BCUT2D eigenvalue weighted by atomic mass is 19.1. The van der Waals surface area contributed by atoms with Crippen LogP contribution in [0.5, 0.6) is 0 Å². The summed E-state index contributed by atoms with van der Waals surface area (Å²) in [6.07, 6.45) is 1.33. The summed E-state index contributed by atoms with van der Waals surface area (Å²) in [5, 5.41) is 2.75. The number of halogens is 1. The smallest absolute Gasteiger partial charge is 0.444 e. The molecule has 0 spiro atoms. The highest BCUT2D eigenvalue weighted by Gasteiger charge is 2.52. The van der Waals surface area contributed by atoms with E-state index in [1.807, 2.05) is 33.8 Å². The van der Waals surface area contributed by atoms with Gasteiger partial charge in [-0.2, -0.15) is 0 Å². The first-order chi connectivity index (χ1) is 12.7. The van der Waals surface area contributed by atoms with Crippen LogP contribution in [0.3, 0.4) is 0 Å². The number of hydrogen-bond donors (Lipinski definition) is 1. The minimum Gasteiger partial charge on any atom is -0.444 e. The van der Waals surface area contributed by atoms with Crippen molar-refractivity contribution < 1.29 is 23.2 Å². The van der Waals surface area contributed by atoms with Crippen molar-refractivity contribution in [1.82, 2.24) is 5.32 Å². The molecule has 2 rings (SSSR count). The molecule has 28 heavy (non-hydrogen) atoms. The summed E-state index contributed by atoms with van der Waals surface area (Å²) in [6, 6.07) is 4.85. The van der Waals surface area contributed by atoms with E-state index in [1.54, 1.807) is 39.8 Å². The second-order valence-electron chi connectivity index (χ2n) is 9.17. The zero-order valence-corrected chi connectivity index (χ0v) is 18.1. The highest BCUT2D eigenvalue weighted by Crippen LogP contribution is 2.38. The van der Waals surface area contributed by atoms with Crippen LogP contribution in [0.1, 0.15) is 59.6 Å². The molecule has 1 fully saturated rings. The van der Waals surface area contributed by atoms with E-state index in [0.717, 1.165) is 11.0 Å². The number of benzene rings is 1. The lowest BCUT2D eigenvalue weighted by Crippen LogP contribution is -2.41. The Hall–Kier alpha value is -1.86. The summed E-state index contributed by atoms with van der Waals surface area (Å²) < 4.78 is 31.2. The average Bonchev–Trinajstić information content (AvgIpc) is 2.73. The number of ether oxygens (including phenoxy) is 1. The maximum atomic E-state index is 13.6. The molecular weight excluding hydrogens is 360 g/mol. The van der Waals surface area contributed by atoms with E-state index in [-0.39, 0.29) is 12.4 Å². The van der Waals surface area contributed by atoms with Crippen molar-refractivity contribution in [3.8, 4) is 0 Å². The Labute approximate surface area is 167 Å². The molecule has 0 aromatic heterocycles. The molecule has 1 saturated heterocycles. The van der Waals surface area contributed by atoms with Crippen LogP contribution in [0.2, 0.25) is 0 Å². The fraction of sp³-hybridized carbons (Fsp3) is 0.571. The Kier molecular flexibility index (Phi) is 6.31. The van der Waals surface area contributed by atoms with Gasteiger partial charge in [-0.05, 0) is 84.1 Å². The lowest BCUT2D eigenvalue weighted by molar-refractivity contribution is 0.00578. The van der Waals surface area contributed by atoms with Crippen molar-refractivity contribution in [1.29, 1.82) is 0 Å². The fourth-order valence-electron chi connectivity index (χ4n) is 2.66. The van der Waals surface area contributed by atoms with Gasteiger partial charge in [-0.3, -0.25) is 0 Å². The highest BCUT2D eigenvalue weighted by molar-refractivity contribution is 6.56. The normalized spacial score (nSPS) is 18.9. The van der Waals surface area contributed by atoms with E-state index >= 15 is 0 Å². The van der Waals surface area contributed by atoms with Gasteiger partial charge >= 0.3 is 13.2 Å². The van der Waals surface area contributed by atoms with Gasteiger partial charge in [0, 0.05) is 6.54 Å². The molecule has 1 aromatic rings. The van der Waals surface area contributed by atoms with E-state index in [4.69, 9.17) is 14.0 Å². The maximum absolute atomic E-state index is 13.6. The Balaban J connectivity index is 2.27. The maximum Gasteiger partial charge on any atom is 0.492 e. The fourth-order valence-corrected chi connectivity index (χ4v) is 2.66. The van der Waals surface area contributed by atoms with Crippen LogP contribution in [0, 0.1) is 12.7 Å². The van der Waals surface area contributed by atoms with Crippen molar-refractivity contribution >= 4 is 19.3 Å². The number of aryl methyl sites for hydroxylation is 1. The molecule has 154 valence electrons. The van der Waals surface area contributed by atoms with Gasteiger partial charge in [0.05, 0.1) is 11.2 Å². The molecule has 1 aromatic carbocycles. The van der Waals surface area contributed by atoms with Crippen LogP contribution in [-0.4, -0.2) is 36.6 Å². The van der Waals surface area contributed by atoms with Crippen molar-refractivity contribution in [3.63, 3.8) is 0 Å². The van der Waals surface area contributed by atoms with Gasteiger partial charge in [-0.1, -0.05) is 12.1 Å². The van der Waals surface area contributed by atoms with Crippen LogP contribution in [-0.2, 0) is 14.0 Å². The molecule has 0 saturated carbocycles. The zero-order chi connectivity index (χ0) is 21.3. The summed E-state index contributed by atoms with van der Waals surface area (Å²) in [7, 11) is -0.634. The van der Waals surface area contributed by atoms with E-state index in [9.17, 15) is 9.18 Å². The number of nitrogens with one attached hydrogen (secondary N) is 1. The Bertz CT molecular complexity index is 752. The topological polar surface area (TPSA) is 56.8 Å². The molecule has 5 nitrogen and oxygen atoms in total. The lowest BCUT2D eigenvalue weighted by atomic mass is 9.77. The molecule has 1 N–H and O–H groups in total. The minimum atomic E-state index is -0.634. The van der Waals surface area contributed by atoms with Crippen LogP contribution < -0.4 is 5.32 Å². The van der Waals surface area contributed by atoms with E-state index in [1.165, 1.54) is 6.07 Å². The van der Waals surface area contributed by atoms with Crippen molar-refractivity contribution in [3.05, 3.63) is 40.6 Å². The van der Waals surface area contributed by atoms with Gasteiger partial charge in [-0.25, -0.2) is 9.18 Å². The second-order valence-corrected chi connectivity index (χ2v) is 9.17. The molecule has 1 amide bonds. The SMILES string of the molecule is Cc1cc(C=C(CNC(=O)OC(C)(C)C)B2OC(C)(C)C(C)(C)O2)ccc1F. The van der Waals surface area contributed by atoms with Crippen molar-refractivity contribution in [2.45, 2.75) is 72.2 Å². The third-order valence-electron chi connectivity index (χ3n) is 4.93. The quantitative estimate of drug-likeness (QED) is 0.758. The monoisotopic (exact) mass is 391 g/mol. The summed E-state index contributed by atoms with van der Waals surface area (Å²) in [4.78, 5) is 12.1. The molecule has 1 heterocycles. The van der Waals surface area contributed by atoms with Crippen LogP contribution in [0.4, 0.5) is 9.18 Å². The lowest BCUT2D eigenvalue weighted by Gasteiger charge is -2.32. The van der Waals surface area contributed by atoms with E-state index < -0.39 is 30.0 Å². The number of carbonyl (C=O) groups excluding carboxylic acids is 1. The Morgan fingerprint density at radius 1 is 1.21 bits per heavy atom. The van der Waals surface area contributed by atoms with Gasteiger partial charge < -0.3 is 19.4 Å². The second kappa shape index (κ2) is 7.87. The number of alkyl carbamates (subject to hydrolysis) is 1. The first-order valence-corrected chi connectivity index (χ1v) is 9.49. The predicted molar refractivity (Wildman–Crippen MR) is 109 cm³/mol. The molecule has 0 radical (unpaired) electrons.